The molecule has 1 aromatic rings. The van der Waals surface area contributed by atoms with Crippen molar-refractivity contribution < 1.29 is 24.2 Å². The van der Waals surface area contributed by atoms with Crippen LogP contribution in [0.3, 0.4) is 0 Å². The number of aryl methyl sites for hydroxylation is 1. The maximum absolute atomic E-state index is 14.2. The molecule has 2 rings (SSSR count). The predicted molar refractivity (Wildman–Crippen MR) is 150 cm³/mol. The Morgan fingerprint density at radius 2 is 1.79 bits per heavy atom. The summed E-state index contributed by atoms with van der Waals surface area (Å²) in [5, 5.41) is 16.2. The minimum Gasteiger partial charge on any atom is -0.508 e. The lowest BCUT2D eigenvalue weighted by Crippen LogP contribution is -2.56. The number of hydrogen-bond donors (Lipinski definition) is 3. The molecule has 0 spiro atoms. The molecular weight excluding hydrogens is 482 g/mol. The van der Waals surface area contributed by atoms with E-state index in [1.807, 2.05) is 20.8 Å². The van der Waals surface area contributed by atoms with Crippen LogP contribution >= 0.6 is 0 Å². The van der Waals surface area contributed by atoms with E-state index in [2.05, 4.69) is 10.6 Å². The monoisotopic (exact) mass is 531 g/mol. The summed E-state index contributed by atoms with van der Waals surface area (Å²) in [6.07, 6.45) is 6.70. The molecule has 0 bridgehead atoms. The molecule has 3 N–H and O–H groups in total. The molecule has 3 unspecified atom stereocenters. The van der Waals surface area contributed by atoms with Crippen molar-refractivity contribution in [3.8, 4) is 5.75 Å². The van der Waals surface area contributed by atoms with Gasteiger partial charge in [0.2, 0.25) is 11.8 Å². The summed E-state index contributed by atoms with van der Waals surface area (Å²) < 4.78 is 5.47. The van der Waals surface area contributed by atoms with Gasteiger partial charge >= 0.3 is 6.09 Å². The van der Waals surface area contributed by atoms with Crippen LogP contribution in [0.1, 0.15) is 110 Å². The number of carbonyl (C=O) groups is 3. The first kappa shape index (κ1) is 31.4. The topological polar surface area (TPSA) is 108 Å². The van der Waals surface area contributed by atoms with Gasteiger partial charge in [-0.1, -0.05) is 58.9 Å². The standard InChI is InChI=1S/C30H49N3O5/c1-8-10-18-33(28(36)25(20(3)9-2)32-29(37)38-30(5,6)7)26(22-16-17-24(34)21(4)19-22)27(35)31-23-14-12-11-13-15-23/h16-17,19-20,23,25-26,34H,8-15,18H2,1-7H3,(H,31,35)(H,32,37). The highest BCUT2D eigenvalue weighted by Gasteiger charge is 2.38. The quantitative estimate of drug-likeness (QED) is 0.337. The zero-order chi connectivity index (χ0) is 28.5. The minimum atomic E-state index is -0.887. The first-order chi connectivity index (χ1) is 17.9. The van der Waals surface area contributed by atoms with Crippen LogP contribution in [0.25, 0.3) is 0 Å². The Labute approximate surface area is 228 Å². The second-order valence-electron chi connectivity index (χ2n) is 11.7. The van der Waals surface area contributed by atoms with E-state index in [1.54, 1.807) is 50.8 Å². The fourth-order valence-corrected chi connectivity index (χ4v) is 4.84. The molecule has 8 heteroatoms. The Kier molecular flexibility index (Phi) is 11.9. The highest BCUT2D eigenvalue weighted by molar-refractivity contribution is 5.92. The van der Waals surface area contributed by atoms with E-state index in [4.69, 9.17) is 4.74 Å². The van der Waals surface area contributed by atoms with Gasteiger partial charge in [0.05, 0.1) is 0 Å². The summed E-state index contributed by atoms with van der Waals surface area (Å²) in [5.74, 6) is -0.585. The molecule has 0 heterocycles. The Hall–Kier alpha value is -2.77. The van der Waals surface area contributed by atoms with E-state index in [1.165, 1.54) is 6.42 Å². The average molecular weight is 532 g/mol. The number of amides is 3. The SMILES string of the molecule is CCCCN(C(=O)C(NC(=O)OC(C)(C)C)C(C)CC)C(C(=O)NC1CCCCC1)c1ccc(O)c(C)c1. The molecular formula is C30H49N3O5. The lowest BCUT2D eigenvalue weighted by atomic mass is 9.93. The highest BCUT2D eigenvalue weighted by atomic mass is 16.6. The highest BCUT2D eigenvalue weighted by Crippen LogP contribution is 2.29. The summed E-state index contributed by atoms with van der Waals surface area (Å²) >= 11 is 0. The van der Waals surface area contributed by atoms with Crippen molar-refractivity contribution in [2.24, 2.45) is 5.92 Å². The Bertz CT molecular complexity index is 936. The Balaban J connectivity index is 2.50. The van der Waals surface area contributed by atoms with Crippen LogP contribution in [-0.4, -0.2) is 52.1 Å². The molecule has 1 aliphatic carbocycles. The van der Waals surface area contributed by atoms with Crippen molar-refractivity contribution in [3.05, 3.63) is 29.3 Å². The van der Waals surface area contributed by atoms with Crippen LogP contribution in [0.5, 0.6) is 5.75 Å². The zero-order valence-electron chi connectivity index (χ0n) is 24.4. The van der Waals surface area contributed by atoms with Gasteiger partial charge in [0.1, 0.15) is 23.4 Å². The molecule has 1 fully saturated rings. The molecule has 0 saturated heterocycles. The van der Waals surface area contributed by atoms with E-state index >= 15 is 0 Å². The molecule has 3 atom stereocenters. The number of nitrogens with one attached hydrogen (secondary N) is 2. The van der Waals surface area contributed by atoms with E-state index in [9.17, 15) is 19.5 Å². The second kappa shape index (κ2) is 14.4. The van der Waals surface area contributed by atoms with Gasteiger partial charge in [0.15, 0.2) is 0 Å². The maximum Gasteiger partial charge on any atom is 0.408 e. The normalized spacial score (nSPS) is 16.7. The van der Waals surface area contributed by atoms with E-state index in [0.29, 0.717) is 30.5 Å². The molecule has 38 heavy (non-hydrogen) atoms. The number of nitrogens with zero attached hydrogens (tertiary/aromatic N) is 1. The number of aromatic hydroxyl groups is 1. The molecule has 0 aliphatic heterocycles. The van der Waals surface area contributed by atoms with Gasteiger partial charge < -0.3 is 25.4 Å². The summed E-state index contributed by atoms with van der Waals surface area (Å²) in [7, 11) is 0. The van der Waals surface area contributed by atoms with Crippen molar-refractivity contribution in [3.63, 3.8) is 0 Å². The van der Waals surface area contributed by atoms with Gasteiger partial charge in [-0.25, -0.2) is 4.79 Å². The maximum atomic E-state index is 14.2. The number of phenolic OH excluding ortho intramolecular Hbond substituents is 1. The number of alkyl carbamates (subject to hydrolysis) is 1. The van der Waals surface area contributed by atoms with Crippen LogP contribution in [0.2, 0.25) is 0 Å². The van der Waals surface area contributed by atoms with Crippen molar-refractivity contribution in [2.75, 3.05) is 6.54 Å². The van der Waals surface area contributed by atoms with Crippen LogP contribution in [0, 0.1) is 12.8 Å². The summed E-state index contributed by atoms with van der Waals surface area (Å²) in [4.78, 5) is 42.5. The second-order valence-corrected chi connectivity index (χ2v) is 11.7. The summed E-state index contributed by atoms with van der Waals surface area (Å²) in [6.45, 7) is 13.4. The predicted octanol–water partition coefficient (Wildman–Crippen LogP) is 5.76. The number of ether oxygens (including phenoxy) is 1. The van der Waals surface area contributed by atoms with E-state index in [-0.39, 0.29) is 29.5 Å². The number of phenols is 1. The average Bonchev–Trinajstić information content (AvgIpc) is 2.85. The lowest BCUT2D eigenvalue weighted by Gasteiger charge is -2.37. The largest absolute Gasteiger partial charge is 0.508 e. The van der Waals surface area contributed by atoms with Gasteiger partial charge in [0, 0.05) is 12.6 Å². The van der Waals surface area contributed by atoms with Crippen molar-refractivity contribution in [1.29, 1.82) is 0 Å². The Morgan fingerprint density at radius 1 is 1.13 bits per heavy atom. The van der Waals surface area contributed by atoms with Gasteiger partial charge in [-0.2, -0.15) is 0 Å². The third-order valence-corrected chi connectivity index (χ3v) is 7.24. The van der Waals surface area contributed by atoms with Crippen molar-refractivity contribution >= 4 is 17.9 Å². The minimum absolute atomic E-state index is 0.0744. The third-order valence-electron chi connectivity index (χ3n) is 7.24. The first-order valence-corrected chi connectivity index (χ1v) is 14.3. The van der Waals surface area contributed by atoms with Crippen molar-refractivity contribution in [2.45, 2.75) is 124 Å². The molecule has 1 aromatic carbocycles. The van der Waals surface area contributed by atoms with Crippen LogP contribution in [0.4, 0.5) is 4.79 Å². The summed E-state index contributed by atoms with van der Waals surface area (Å²) in [6, 6.07) is 3.38. The third kappa shape index (κ3) is 9.21. The van der Waals surface area contributed by atoms with Gasteiger partial charge in [0.25, 0.3) is 0 Å². The smallest absolute Gasteiger partial charge is 0.408 e. The van der Waals surface area contributed by atoms with E-state index < -0.39 is 23.8 Å². The number of unbranched alkanes of at least 4 members (excludes halogenated alkanes) is 1. The molecule has 0 radical (unpaired) electrons. The molecule has 1 aliphatic rings. The van der Waals surface area contributed by atoms with Crippen LogP contribution in [0.15, 0.2) is 18.2 Å². The van der Waals surface area contributed by atoms with Crippen LogP contribution < -0.4 is 10.6 Å². The number of rotatable bonds is 11. The van der Waals surface area contributed by atoms with Crippen molar-refractivity contribution in [1.82, 2.24) is 15.5 Å². The number of benzene rings is 1. The summed E-state index contributed by atoms with van der Waals surface area (Å²) in [5.41, 5.74) is 0.561. The lowest BCUT2D eigenvalue weighted by molar-refractivity contribution is -0.144. The molecule has 3 amide bonds. The van der Waals surface area contributed by atoms with Gasteiger partial charge in [-0.05, 0) is 76.1 Å². The van der Waals surface area contributed by atoms with Gasteiger partial charge in [-0.15, -0.1) is 0 Å². The molecule has 214 valence electrons. The molecule has 0 aromatic heterocycles. The number of carbonyl (C=O) groups excluding carboxylic acids is 3. The fourth-order valence-electron chi connectivity index (χ4n) is 4.84. The van der Waals surface area contributed by atoms with Crippen LogP contribution in [-0.2, 0) is 14.3 Å². The fraction of sp³-hybridized carbons (Fsp3) is 0.700. The van der Waals surface area contributed by atoms with Gasteiger partial charge in [-0.3, -0.25) is 9.59 Å². The number of hydrogen-bond acceptors (Lipinski definition) is 5. The molecule has 8 nitrogen and oxygen atoms in total. The zero-order valence-corrected chi connectivity index (χ0v) is 24.4. The Morgan fingerprint density at radius 3 is 2.34 bits per heavy atom. The first-order valence-electron chi connectivity index (χ1n) is 14.3. The molecule has 1 saturated carbocycles. The van der Waals surface area contributed by atoms with E-state index in [0.717, 1.165) is 32.1 Å².